The predicted octanol–water partition coefficient (Wildman–Crippen LogP) is 4.79. The molecule has 190 valence electrons. The molecule has 10 heteroatoms. The summed E-state index contributed by atoms with van der Waals surface area (Å²) >= 11 is 0. The summed E-state index contributed by atoms with van der Waals surface area (Å²) in [4.78, 5) is 16.3. The molecule has 1 saturated heterocycles. The minimum atomic E-state index is -5.80. The maximum Gasteiger partial charge on any atom is 0.534 e. The van der Waals surface area contributed by atoms with E-state index in [1.807, 2.05) is 18.2 Å². The van der Waals surface area contributed by atoms with E-state index in [1.54, 1.807) is 18.2 Å². The first kappa shape index (κ1) is 26.9. The zero-order valence-electron chi connectivity index (χ0n) is 19.8. The highest BCUT2D eigenvalue weighted by Crippen LogP contribution is 2.36. The molecule has 0 radical (unpaired) electrons. The van der Waals surface area contributed by atoms with Crippen LogP contribution in [-0.4, -0.2) is 61.2 Å². The Kier molecular flexibility index (Phi) is 8.08. The minimum Gasteiger partial charge on any atom is -0.376 e. The number of nitrogens with zero attached hydrogens (tertiary/aromatic N) is 2. The lowest BCUT2D eigenvalue weighted by atomic mass is 9.92. The summed E-state index contributed by atoms with van der Waals surface area (Å²) in [6, 6.07) is 12.6. The van der Waals surface area contributed by atoms with Crippen molar-refractivity contribution in [3.05, 3.63) is 77.9 Å². The smallest absolute Gasteiger partial charge is 0.376 e. The fourth-order valence-corrected chi connectivity index (χ4v) is 4.84. The van der Waals surface area contributed by atoms with E-state index >= 15 is 0 Å². The Hall–Kier alpha value is -2.69. The largest absolute Gasteiger partial charge is 0.534 e. The Morgan fingerprint density at radius 3 is 2.34 bits per heavy atom. The molecule has 0 aromatic heterocycles. The molecule has 1 unspecified atom stereocenters. The van der Waals surface area contributed by atoms with Gasteiger partial charge in [-0.15, -0.1) is 6.58 Å². The summed E-state index contributed by atoms with van der Waals surface area (Å²) in [6.07, 6.45) is 1.85. The lowest BCUT2D eigenvalue weighted by Gasteiger charge is -2.47. The van der Waals surface area contributed by atoms with Crippen LogP contribution in [0.5, 0.6) is 5.75 Å². The van der Waals surface area contributed by atoms with Crippen molar-refractivity contribution in [2.24, 2.45) is 0 Å². The summed E-state index contributed by atoms with van der Waals surface area (Å²) in [7, 11) is -5.80. The van der Waals surface area contributed by atoms with Crippen molar-refractivity contribution in [2.75, 3.05) is 19.6 Å². The third-order valence-electron chi connectivity index (χ3n) is 6.15. The van der Waals surface area contributed by atoms with E-state index in [4.69, 9.17) is 0 Å². The van der Waals surface area contributed by atoms with Crippen LogP contribution in [0, 0.1) is 0 Å². The Bertz CT molecular complexity index is 1170. The normalized spacial score (nSPS) is 20.9. The number of Topliss-reactive ketones (excluding diaryl/α,β-unsaturated/α-hetero) is 1. The lowest BCUT2D eigenvalue weighted by molar-refractivity contribution is -0.0500. The van der Waals surface area contributed by atoms with E-state index in [2.05, 4.69) is 34.4 Å². The highest BCUT2D eigenvalue weighted by Gasteiger charge is 2.48. The van der Waals surface area contributed by atoms with Crippen LogP contribution in [0.1, 0.15) is 48.3 Å². The molecule has 1 aliphatic heterocycles. The molecule has 1 fully saturated rings. The van der Waals surface area contributed by atoms with E-state index < -0.39 is 27.4 Å². The molecule has 0 amide bonds. The molecule has 3 rings (SSSR count). The van der Waals surface area contributed by atoms with Crippen LogP contribution in [0.25, 0.3) is 0 Å². The summed E-state index contributed by atoms with van der Waals surface area (Å²) in [5.74, 6) is -0.503. The van der Waals surface area contributed by atoms with E-state index in [9.17, 15) is 26.4 Å². The van der Waals surface area contributed by atoms with Gasteiger partial charge in [0.15, 0.2) is 5.78 Å². The maximum atomic E-state index is 12.9. The van der Waals surface area contributed by atoms with Gasteiger partial charge in [0.1, 0.15) is 5.75 Å². The zero-order chi connectivity index (χ0) is 26.0. The average Bonchev–Trinajstić information content (AvgIpc) is 2.77. The second-order valence-electron chi connectivity index (χ2n) is 8.77. The number of ketones is 1. The van der Waals surface area contributed by atoms with Gasteiger partial charge in [0.05, 0.1) is 6.04 Å². The standard InChI is InChI=1S/C25H29F3N2O4S/c1-5-13-29-15-18(3)30(16-17(29)2)24(21-11-9-20(10-12-21)19(4)31)22-7-6-8-23(14-22)34-35(32,33)25(26,27)28/h5-12,14,17-18,24H,1,13,15-16H2,2-4H3/t17-,18+,24?/m1/s1. The monoisotopic (exact) mass is 510 g/mol. The topological polar surface area (TPSA) is 66.9 Å². The summed E-state index contributed by atoms with van der Waals surface area (Å²) < 4.78 is 66.1. The van der Waals surface area contributed by atoms with Crippen molar-refractivity contribution in [1.82, 2.24) is 9.80 Å². The molecule has 2 aromatic rings. The molecule has 2 aromatic carbocycles. The second-order valence-corrected chi connectivity index (χ2v) is 10.3. The lowest BCUT2D eigenvalue weighted by Crippen LogP contribution is -2.57. The van der Waals surface area contributed by atoms with Crippen molar-refractivity contribution in [2.45, 2.75) is 44.4 Å². The molecular weight excluding hydrogens is 481 g/mol. The van der Waals surface area contributed by atoms with E-state index in [0.717, 1.165) is 18.7 Å². The molecule has 0 N–H and O–H groups in total. The fourth-order valence-electron chi connectivity index (χ4n) is 4.39. The third kappa shape index (κ3) is 6.12. The molecule has 35 heavy (non-hydrogen) atoms. The molecule has 1 aliphatic rings. The number of hydrogen-bond donors (Lipinski definition) is 0. The van der Waals surface area contributed by atoms with Gasteiger partial charge in [-0.1, -0.05) is 42.5 Å². The number of hydrogen-bond acceptors (Lipinski definition) is 6. The van der Waals surface area contributed by atoms with Gasteiger partial charge in [0, 0.05) is 37.3 Å². The molecule has 6 nitrogen and oxygen atoms in total. The Morgan fingerprint density at radius 2 is 1.77 bits per heavy atom. The van der Waals surface area contributed by atoms with Crippen molar-refractivity contribution in [3.8, 4) is 5.75 Å². The average molecular weight is 511 g/mol. The van der Waals surface area contributed by atoms with Crippen LogP contribution in [0.15, 0.2) is 61.2 Å². The van der Waals surface area contributed by atoms with E-state index in [0.29, 0.717) is 17.7 Å². The van der Waals surface area contributed by atoms with Crippen LogP contribution >= 0.6 is 0 Å². The van der Waals surface area contributed by atoms with Gasteiger partial charge < -0.3 is 4.18 Å². The minimum absolute atomic E-state index is 0.0621. The van der Waals surface area contributed by atoms with Gasteiger partial charge in [-0.05, 0) is 44.0 Å². The number of carbonyl (C=O) groups excluding carboxylic acids is 1. The molecular formula is C25H29F3N2O4S. The molecule has 0 spiro atoms. The SMILES string of the molecule is C=CCN1C[C@H](C)N(C(c2ccc(C(C)=O)cc2)c2cccc(OS(=O)(=O)C(F)(F)F)c2)C[C@H]1C. The van der Waals surface area contributed by atoms with Gasteiger partial charge in [-0.3, -0.25) is 14.6 Å². The number of piperazine rings is 1. The van der Waals surface area contributed by atoms with Crippen LogP contribution in [0.2, 0.25) is 0 Å². The summed E-state index contributed by atoms with van der Waals surface area (Å²) in [6.45, 7) is 11.6. The first-order chi connectivity index (χ1) is 16.3. The Labute approximate surface area is 204 Å². The first-order valence-electron chi connectivity index (χ1n) is 11.2. The van der Waals surface area contributed by atoms with Crippen molar-refractivity contribution in [1.29, 1.82) is 0 Å². The quantitative estimate of drug-likeness (QED) is 0.220. The van der Waals surface area contributed by atoms with Crippen LogP contribution < -0.4 is 4.18 Å². The number of rotatable bonds is 8. The molecule has 0 bridgehead atoms. The van der Waals surface area contributed by atoms with Gasteiger partial charge >= 0.3 is 15.6 Å². The molecule has 0 aliphatic carbocycles. The van der Waals surface area contributed by atoms with Crippen molar-refractivity contribution >= 4 is 15.9 Å². The number of halogens is 3. The highest BCUT2D eigenvalue weighted by molar-refractivity contribution is 7.88. The van der Waals surface area contributed by atoms with E-state index in [-0.39, 0.29) is 17.9 Å². The predicted molar refractivity (Wildman–Crippen MR) is 128 cm³/mol. The Morgan fingerprint density at radius 1 is 1.11 bits per heavy atom. The highest BCUT2D eigenvalue weighted by atomic mass is 32.2. The van der Waals surface area contributed by atoms with Crippen molar-refractivity contribution in [3.63, 3.8) is 0 Å². The summed E-state index contributed by atoms with van der Waals surface area (Å²) in [5, 5.41) is 0. The van der Waals surface area contributed by atoms with Crippen molar-refractivity contribution < 1.29 is 30.6 Å². The van der Waals surface area contributed by atoms with Gasteiger partial charge in [0.25, 0.3) is 0 Å². The second kappa shape index (κ2) is 10.5. The third-order valence-corrected chi connectivity index (χ3v) is 7.13. The molecule has 1 heterocycles. The van der Waals surface area contributed by atoms with Gasteiger partial charge in [0.2, 0.25) is 0 Å². The fraction of sp³-hybridized carbons (Fsp3) is 0.400. The number of benzene rings is 2. The van der Waals surface area contributed by atoms with Crippen LogP contribution in [0.3, 0.4) is 0 Å². The summed E-state index contributed by atoms with van der Waals surface area (Å²) in [5.41, 5.74) is -3.59. The Balaban J connectivity index is 2.04. The van der Waals surface area contributed by atoms with Gasteiger partial charge in [-0.2, -0.15) is 21.6 Å². The number of alkyl halides is 3. The first-order valence-corrected chi connectivity index (χ1v) is 12.6. The molecule has 0 saturated carbocycles. The molecule has 3 atom stereocenters. The maximum absolute atomic E-state index is 12.9. The van der Waals surface area contributed by atoms with Crippen LogP contribution in [0.4, 0.5) is 13.2 Å². The number of carbonyl (C=O) groups is 1. The van der Waals surface area contributed by atoms with Gasteiger partial charge in [-0.25, -0.2) is 0 Å². The zero-order valence-corrected chi connectivity index (χ0v) is 20.6. The van der Waals surface area contributed by atoms with Crippen LogP contribution in [-0.2, 0) is 10.1 Å². The van der Waals surface area contributed by atoms with E-state index in [1.165, 1.54) is 25.1 Å².